The molecule has 36 heavy (non-hydrogen) atoms. The number of hydrogen-bond donors (Lipinski definition) is 4. The van der Waals surface area contributed by atoms with Crippen LogP contribution in [0.5, 0.6) is 0 Å². The molecule has 2 atom stereocenters. The van der Waals surface area contributed by atoms with Crippen LogP contribution >= 0.6 is 0 Å². The number of aromatic carboxylic acids is 3. The Morgan fingerprint density at radius 3 is 1.44 bits per heavy atom. The van der Waals surface area contributed by atoms with Gasteiger partial charge in [-0.2, -0.15) is 0 Å². The van der Waals surface area contributed by atoms with Crippen LogP contribution < -0.4 is 0 Å². The number of benzene rings is 3. The highest BCUT2D eigenvalue weighted by Gasteiger charge is 2.60. The summed E-state index contributed by atoms with van der Waals surface area (Å²) >= 11 is 0. The van der Waals surface area contributed by atoms with Crippen molar-refractivity contribution >= 4 is 17.9 Å². The minimum Gasteiger partial charge on any atom is -0.478 e. The smallest absolute Gasteiger partial charge is 0.336 e. The molecule has 0 spiro atoms. The third kappa shape index (κ3) is 2.62. The summed E-state index contributed by atoms with van der Waals surface area (Å²) in [6.07, 6.45) is 0. The molecule has 4 N–H and O–H groups in total. The lowest BCUT2D eigenvalue weighted by molar-refractivity contribution is 0.0405. The molecule has 3 aromatic carbocycles. The minimum absolute atomic E-state index is 0.0540. The van der Waals surface area contributed by atoms with E-state index in [-0.39, 0.29) is 5.56 Å². The van der Waals surface area contributed by atoms with Crippen LogP contribution in [0.4, 0.5) is 0 Å². The average Bonchev–Trinajstić information content (AvgIpc) is 2.83. The van der Waals surface area contributed by atoms with E-state index in [0.717, 1.165) is 11.1 Å². The highest BCUT2D eigenvalue weighted by Crippen LogP contribution is 2.63. The fourth-order valence-electron chi connectivity index (χ4n) is 6.10. The zero-order valence-electron chi connectivity index (χ0n) is 20.1. The summed E-state index contributed by atoms with van der Waals surface area (Å²) in [7, 11) is 1.45. The summed E-state index contributed by atoms with van der Waals surface area (Å²) in [5, 5.41) is 40.7. The third-order valence-corrected chi connectivity index (χ3v) is 7.91. The summed E-state index contributed by atoms with van der Waals surface area (Å²) in [4.78, 5) is 36.3. The molecule has 0 amide bonds. The lowest BCUT2D eigenvalue weighted by Crippen LogP contribution is -2.54. The average molecular weight is 488 g/mol. The molecule has 6 rings (SSSR count). The van der Waals surface area contributed by atoms with E-state index in [1.165, 1.54) is 25.3 Å². The van der Waals surface area contributed by atoms with Crippen LogP contribution in [0, 0.1) is 20.8 Å². The van der Waals surface area contributed by atoms with Crippen LogP contribution in [0.2, 0.25) is 0 Å². The van der Waals surface area contributed by atoms with E-state index in [9.17, 15) is 34.8 Å². The zero-order valence-corrected chi connectivity index (χ0v) is 20.1. The van der Waals surface area contributed by atoms with E-state index in [2.05, 4.69) is 0 Å². The fraction of sp³-hybridized carbons (Fsp3) is 0.250. The Labute approximate surface area is 206 Å². The Morgan fingerprint density at radius 2 is 1.00 bits per heavy atom. The van der Waals surface area contributed by atoms with Gasteiger partial charge < -0.3 is 25.2 Å². The van der Waals surface area contributed by atoms with Gasteiger partial charge in [-0.25, -0.2) is 14.4 Å². The molecular formula is C28H24O8. The summed E-state index contributed by atoms with van der Waals surface area (Å²) in [6, 6.07) is 9.68. The molecule has 0 fully saturated rings. The predicted octanol–water partition coefficient (Wildman–Crippen LogP) is 3.60. The molecule has 3 aliphatic rings. The second-order valence-corrected chi connectivity index (χ2v) is 9.50. The van der Waals surface area contributed by atoms with Crippen molar-refractivity contribution in [3.63, 3.8) is 0 Å². The normalized spacial score (nSPS) is 20.9. The quantitative estimate of drug-likeness (QED) is 0.427. The van der Waals surface area contributed by atoms with Crippen LogP contribution in [0.25, 0.3) is 0 Å². The fourth-order valence-corrected chi connectivity index (χ4v) is 6.10. The molecule has 0 aromatic heterocycles. The van der Waals surface area contributed by atoms with Gasteiger partial charge in [0.25, 0.3) is 0 Å². The molecule has 0 saturated heterocycles. The maximum Gasteiger partial charge on any atom is 0.336 e. The van der Waals surface area contributed by atoms with Crippen molar-refractivity contribution in [2.45, 2.75) is 31.8 Å². The molecule has 3 aliphatic carbocycles. The molecule has 2 bridgehead atoms. The molecule has 8 heteroatoms. The van der Waals surface area contributed by atoms with E-state index in [4.69, 9.17) is 4.74 Å². The zero-order chi connectivity index (χ0) is 26.3. The first-order valence-electron chi connectivity index (χ1n) is 11.3. The molecule has 3 aromatic rings. The topological polar surface area (TPSA) is 141 Å². The Bertz CT molecular complexity index is 1540. The summed E-state index contributed by atoms with van der Waals surface area (Å²) < 4.78 is 6.22. The van der Waals surface area contributed by atoms with Crippen molar-refractivity contribution in [2.24, 2.45) is 0 Å². The predicted molar refractivity (Wildman–Crippen MR) is 128 cm³/mol. The number of carboxylic acids is 3. The summed E-state index contributed by atoms with van der Waals surface area (Å²) in [5.74, 6) is -3.96. The molecule has 2 unspecified atom stereocenters. The van der Waals surface area contributed by atoms with Gasteiger partial charge in [0.05, 0.1) is 28.7 Å². The van der Waals surface area contributed by atoms with Crippen molar-refractivity contribution in [1.82, 2.24) is 0 Å². The first kappa shape index (κ1) is 23.7. The number of carboxylic acid groups (broad SMARTS) is 3. The van der Waals surface area contributed by atoms with Gasteiger partial charge in [-0.3, -0.25) is 0 Å². The minimum atomic E-state index is -1.42. The van der Waals surface area contributed by atoms with Crippen molar-refractivity contribution in [2.75, 3.05) is 13.7 Å². The lowest BCUT2D eigenvalue weighted by atomic mass is 9.50. The number of hydrogen-bond acceptors (Lipinski definition) is 5. The Kier molecular flexibility index (Phi) is 4.94. The number of methoxy groups -OCH3 is 1. The van der Waals surface area contributed by atoms with Gasteiger partial charge in [0, 0.05) is 7.11 Å². The molecule has 0 aliphatic heterocycles. The monoisotopic (exact) mass is 488 g/mol. The van der Waals surface area contributed by atoms with E-state index in [1.807, 2.05) is 26.0 Å². The van der Waals surface area contributed by atoms with Gasteiger partial charge in [0.1, 0.15) is 5.60 Å². The van der Waals surface area contributed by atoms with Crippen molar-refractivity contribution in [3.05, 3.63) is 103 Å². The SMILES string of the molecule is COC12c3cc(C)c(C)cc3C(CO)(c3cc(C)c(C(=O)O)cc31)c1cc(C(=O)O)c(C(=O)O)cc12. The largest absolute Gasteiger partial charge is 0.478 e. The van der Waals surface area contributed by atoms with Gasteiger partial charge in [-0.1, -0.05) is 18.2 Å². The highest BCUT2D eigenvalue weighted by atomic mass is 16.5. The first-order valence-corrected chi connectivity index (χ1v) is 11.3. The van der Waals surface area contributed by atoms with Crippen molar-refractivity contribution in [1.29, 1.82) is 0 Å². The van der Waals surface area contributed by atoms with E-state index >= 15 is 0 Å². The van der Waals surface area contributed by atoms with Crippen LogP contribution in [0.1, 0.15) is 81.1 Å². The highest BCUT2D eigenvalue weighted by molar-refractivity contribution is 6.03. The molecule has 184 valence electrons. The second-order valence-electron chi connectivity index (χ2n) is 9.50. The molecule has 0 saturated carbocycles. The van der Waals surface area contributed by atoms with Gasteiger partial charge in [-0.05, 0) is 89.0 Å². The summed E-state index contributed by atoms with van der Waals surface area (Å²) in [5.41, 5.74) is 2.11. The number of ether oxygens (including phenoxy) is 1. The maximum atomic E-state index is 12.1. The Hall–Kier alpha value is -4.01. The molecular weight excluding hydrogens is 464 g/mol. The standard InChI is InChI=1S/C28H24O8/c1-12-5-18-21(6-13(12)2)28(36-4)22-8-15(24(30)31)14(3)7-19(22)27(18,11-29)20-9-16(25(32)33)17(26(34)35)10-23(20)28/h5-10,29H,11H2,1-4H3,(H,30,31)(H,32,33)(H,34,35). The maximum absolute atomic E-state index is 12.1. The van der Waals surface area contributed by atoms with Crippen LogP contribution in [0.15, 0.2) is 36.4 Å². The number of aliphatic hydroxyl groups excluding tert-OH is 1. The van der Waals surface area contributed by atoms with Crippen molar-refractivity contribution < 1.29 is 39.5 Å². The number of aryl methyl sites for hydroxylation is 3. The molecule has 0 heterocycles. The van der Waals surface area contributed by atoms with Crippen molar-refractivity contribution in [3.8, 4) is 0 Å². The molecule has 0 radical (unpaired) electrons. The Morgan fingerprint density at radius 1 is 0.639 bits per heavy atom. The number of aliphatic hydroxyl groups is 1. The van der Waals surface area contributed by atoms with E-state index in [1.54, 1.807) is 13.0 Å². The van der Waals surface area contributed by atoms with E-state index in [0.29, 0.717) is 38.9 Å². The van der Waals surface area contributed by atoms with Gasteiger partial charge in [0.2, 0.25) is 0 Å². The number of rotatable bonds is 5. The summed E-state index contributed by atoms with van der Waals surface area (Å²) in [6.45, 7) is 5.05. The molecule has 8 nitrogen and oxygen atoms in total. The van der Waals surface area contributed by atoms with Crippen LogP contribution in [-0.2, 0) is 15.8 Å². The Balaban J connectivity index is 2.07. The third-order valence-electron chi connectivity index (χ3n) is 7.91. The first-order chi connectivity index (χ1) is 16.9. The van der Waals surface area contributed by atoms with Gasteiger partial charge in [0.15, 0.2) is 0 Å². The number of carbonyl (C=O) groups is 3. The van der Waals surface area contributed by atoms with Gasteiger partial charge >= 0.3 is 17.9 Å². The van der Waals surface area contributed by atoms with E-state index < -0.39 is 46.7 Å². The van der Waals surface area contributed by atoms with Gasteiger partial charge in [-0.15, -0.1) is 0 Å². The second kappa shape index (κ2) is 7.49. The van der Waals surface area contributed by atoms with Crippen LogP contribution in [-0.4, -0.2) is 52.1 Å². The van der Waals surface area contributed by atoms with Crippen LogP contribution in [0.3, 0.4) is 0 Å². The lowest BCUT2D eigenvalue weighted by Gasteiger charge is -2.55.